The second kappa shape index (κ2) is 7.03. The van der Waals surface area contributed by atoms with Gasteiger partial charge in [0.15, 0.2) is 0 Å². The quantitative estimate of drug-likeness (QED) is 0.545. The monoisotopic (exact) mass is 404 g/mol. The number of hydrogen-bond donors (Lipinski definition) is 1. The maximum atomic E-state index is 13.9. The lowest BCUT2D eigenvalue weighted by atomic mass is 10.1. The molecule has 1 aliphatic rings. The molecular weight excluding hydrogens is 391 g/mol. The summed E-state index contributed by atoms with van der Waals surface area (Å²) in [6, 6.07) is 10.0. The highest BCUT2D eigenvalue weighted by molar-refractivity contribution is 6.30. The van der Waals surface area contributed by atoms with Gasteiger partial charge in [0.1, 0.15) is 5.82 Å². The van der Waals surface area contributed by atoms with Crippen LogP contribution in [0.5, 0.6) is 0 Å². The first-order valence-electron chi connectivity index (χ1n) is 8.83. The van der Waals surface area contributed by atoms with Gasteiger partial charge in [-0.25, -0.2) is 9.07 Å². The normalized spacial score (nSPS) is 13.4. The molecule has 142 valence electrons. The van der Waals surface area contributed by atoms with Gasteiger partial charge in [-0.2, -0.15) is 5.10 Å². The highest BCUT2D eigenvalue weighted by Gasteiger charge is 2.17. The molecule has 1 aromatic carbocycles. The summed E-state index contributed by atoms with van der Waals surface area (Å²) in [5.74, 6) is -0.321. The third kappa shape index (κ3) is 3.21. The van der Waals surface area contributed by atoms with Crippen LogP contribution in [0.4, 0.5) is 10.1 Å². The predicted molar refractivity (Wildman–Crippen MR) is 111 cm³/mol. The third-order valence-electron chi connectivity index (χ3n) is 4.53. The number of fused-ring (bicyclic) bond motifs is 1. The number of aromatic nitrogens is 4. The van der Waals surface area contributed by atoms with E-state index < -0.39 is 0 Å². The summed E-state index contributed by atoms with van der Waals surface area (Å²) in [7, 11) is 0. The van der Waals surface area contributed by atoms with Crippen molar-refractivity contribution in [3.05, 3.63) is 96.1 Å². The number of hydrazine groups is 1. The Labute approximate surface area is 170 Å². The summed E-state index contributed by atoms with van der Waals surface area (Å²) in [5.41, 5.74) is 7.18. The van der Waals surface area contributed by atoms with Gasteiger partial charge >= 0.3 is 0 Å². The molecule has 5 rings (SSSR count). The average Bonchev–Trinajstić information content (AvgIpc) is 3.23. The van der Waals surface area contributed by atoms with Crippen molar-refractivity contribution in [2.75, 3.05) is 5.01 Å². The molecule has 3 aromatic heterocycles. The fourth-order valence-corrected chi connectivity index (χ4v) is 3.41. The van der Waals surface area contributed by atoms with Crippen LogP contribution in [0.3, 0.4) is 0 Å². The molecule has 0 amide bonds. The van der Waals surface area contributed by atoms with Crippen LogP contribution in [-0.4, -0.2) is 19.7 Å². The van der Waals surface area contributed by atoms with E-state index in [2.05, 4.69) is 20.5 Å². The summed E-state index contributed by atoms with van der Waals surface area (Å²) < 4.78 is 15.6. The van der Waals surface area contributed by atoms with E-state index in [1.807, 2.05) is 41.6 Å². The first-order chi connectivity index (χ1) is 14.2. The van der Waals surface area contributed by atoms with Crippen molar-refractivity contribution in [3.63, 3.8) is 0 Å². The van der Waals surface area contributed by atoms with E-state index in [9.17, 15) is 4.39 Å². The fraction of sp³-hybridized carbons (Fsp3) is 0. The van der Waals surface area contributed by atoms with Crippen molar-refractivity contribution < 1.29 is 4.39 Å². The van der Waals surface area contributed by atoms with Crippen molar-refractivity contribution in [1.29, 1.82) is 0 Å². The molecule has 0 fully saturated rings. The van der Waals surface area contributed by atoms with Crippen molar-refractivity contribution >= 4 is 33.9 Å². The number of nitrogens with zero attached hydrogens (tertiary/aromatic N) is 5. The molecule has 4 aromatic rings. The second-order valence-corrected chi connectivity index (χ2v) is 6.82. The zero-order chi connectivity index (χ0) is 19.8. The van der Waals surface area contributed by atoms with E-state index in [4.69, 9.17) is 11.6 Å². The fourth-order valence-electron chi connectivity index (χ4n) is 3.24. The molecule has 1 N–H and O–H groups in total. The Kier molecular flexibility index (Phi) is 4.22. The molecule has 0 radical (unpaired) electrons. The Balaban J connectivity index is 1.56. The van der Waals surface area contributed by atoms with Crippen LogP contribution in [-0.2, 0) is 0 Å². The minimum atomic E-state index is -0.321. The molecular formula is C21H14ClFN6. The van der Waals surface area contributed by atoms with Crippen LogP contribution >= 0.6 is 11.6 Å². The number of rotatable bonds is 3. The number of halogens is 2. The zero-order valence-electron chi connectivity index (χ0n) is 15.0. The number of allylic oxidation sites excluding steroid dienone is 2. The lowest BCUT2D eigenvalue weighted by molar-refractivity contribution is 0.629. The van der Waals surface area contributed by atoms with Gasteiger partial charge in [-0.15, -0.1) is 0 Å². The standard InChI is InChI=1S/C21H14ClFN6/c22-14-10-16(13-24-12-14)28-9-1-2-19(27-28)21-6-8-26-29(21)20-5-7-25-18-4-3-15(23)11-17(18)20/h1-13,27H. The summed E-state index contributed by atoms with van der Waals surface area (Å²) in [6.07, 6.45) is 12.4. The smallest absolute Gasteiger partial charge is 0.124 e. The van der Waals surface area contributed by atoms with Crippen molar-refractivity contribution in [2.24, 2.45) is 0 Å². The van der Waals surface area contributed by atoms with Gasteiger partial charge in [0.05, 0.1) is 45.7 Å². The number of hydrogen-bond acceptors (Lipinski definition) is 5. The molecule has 4 heterocycles. The lowest BCUT2D eigenvalue weighted by Gasteiger charge is -2.27. The summed E-state index contributed by atoms with van der Waals surface area (Å²) in [6.45, 7) is 0. The Bertz CT molecular complexity index is 1280. The van der Waals surface area contributed by atoms with E-state index in [0.29, 0.717) is 15.9 Å². The molecule has 0 saturated heterocycles. The van der Waals surface area contributed by atoms with Gasteiger partial charge < -0.3 is 0 Å². The number of nitrogens with one attached hydrogen (secondary N) is 1. The van der Waals surface area contributed by atoms with Crippen LogP contribution in [0.2, 0.25) is 5.02 Å². The van der Waals surface area contributed by atoms with Gasteiger partial charge in [0.2, 0.25) is 0 Å². The highest BCUT2D eigenvalue weighted by atomic mass is 35.5. The molecule has 0 unspecified atom stereocenters. The maximum Gasteiger partial charge on any atom is 0.124 e. The van der Waals surface area contributed by atoms with E-state index in [1.165, 1.54) is 12.1 Å². The van der Waals surface area contributed by atoms with Gasteiger partial charge in [-0.1, -0.05) is 11.6 Å². The first kappa shape index (κ1) is 17.4. The largest absolute Gasteiger partial charge is 0.292 e. The predicted octanol–water partition coefficient (Wildman–Crippen LogP) is 4.49. The van der Waals surface area contributed by atoms with Crippen LogP contribution < -0.4 is 10.4 Å². The Hall–Kier alpha value is -3.71. The summed E-state index contributed by atoms with van der Waals surface area (Å²) in [4.78, 5) is 8.45. The minimum absolute atomic E-state index is 0.321. The molecule has 6 nitrogen and oxygen atoms in total. The van der Waals surface area contributed by atoms with E-state index in [0.717, 1.165) is 22.8 Å². The van der Waals surface area contributed by atoms with Gasteiger partial charge in [-0.3, -0.25) is 20.4 Å². The summed E-state index contributed by atoms with van der Waals surface area (Å²) >= 11 is 6.07. The topological polar surface area (TPSA) is 58.9 Å². The molecule has 8 heteroatoms. The van der Waals surface area contributed by atoms with Gasteiger partial charge in [0, 0.05) is 24.0 Å². The van der Waals surface area contributed by atoms with Gasteiger partial charge in [0.25, 0.3) is 0 Å². The molecule has 0 saturated carbocycles. The van der Waals surface area contributed by atoms with Crippen LogP contribution in [0.15, 0.2) is 79.5 Å². The third-order valence-corrected chi connectivity index (χ3v) is 4.74. The van der Waals surface area contributed by atoms with Crippen LogP contribution in [0.25, 0.3) is 22.3 Å². The Morgan fingerprint density at radius 3 is 2.86 bits per heavy atom. The molecule has 29 heavy (non-hydrogen) atoms. The Morgan fingerprint density at radius 1 is 1.03 bits per heavy atom. The Morgan fingerprint density at radius 2 is 1.97 bits per heavy atom. The number of benzene rings is 1. The minimum Gasteiger partial charge on any atom is -0.292 e. The zero-order valence-corrected chi connectivity index (χ0v) is 15.8. The maximum absolute atomic E-state index is 13.9. The number of pyridine rings is 2. The van der Waals surface area contributed by atoms with Crippen LogP contribution in [0, 0.1) is 5.82 Å². The van der Waals surface area contributed by atoms with E-state index >= 15 is 0 Å². The van der Waals surface area contributed by atoms with E-state index in [1.54, 1.807) is 35.5 Å². The van der Waals surface area contributed by atoms with Crippen molar-refractivity contribution in [2.45, 2.75) is 0 Å². The van der Waals surface area contributed by atoms with Gasteiger partial charge in [-0.05, 0) is 48.6 Å². The summed E-state index contributed by atoms with van der Waals surface area (Å²) in [5, 5.41) is 7.50. The van der Waals surface area contributed by atoms with E-state index in [-0.39, 0.29) is 5.82 Å². The highest BCUT2D eigenvalue weighted by Crippen LogP contribution is 2.26. The number of anilines is 1. The SMILES string of the molecule is Fc1ccc2nccc(-n3nccc3C3=CC=CN(c4cncc(Cl)c4)N3)c2c1. The van der Waals surface area contributed by atoms with Crippen molar-refractivity contribution in [1.82, 2.24) is 25.2 Å². The van der Waals surface area contributed by atoms with Crippen LogP contribution in [0.1, 0.15) is 5.69 Å². The molecule has 0 spiro atoms. The second-order valence-electron chi connectivity index (χ2n) is 6.38. The molecule has 1 aliphatic heterocycles. The molecule has 0 aliphatic carbocycles. The first-order valence-corrected chi connectivity index (χ1v) is 9.21. The van der Waals surface area contributed by atoms with Crippen molar-refractivity contribution in [3.8, 4) is 5.69 Å². The molecule has 0 bridgehead atoms. The average molecular weight is 405 g/mol. The molecule has 0 atom stereocenters. The lowest BCUT2D eigenvalue weighted by Crippen LogP contribution is -2.34.